The molecule has 1 saturated carbocycles. The summed E-state index contributed by atoms with van der Waals surface area (Å²) in [7, 11) is 1.82. The number of carbonyl (C=O) groups is 1. The summed E-state index contributed by atoms with van der Waals surface area (Å²) in [6.45, 7) is 1.85. The van der Waals surface area contributed by atoms with Gasteiger partial charge in [-0.2, -0.15) is 5.10 Å². The van der Waals surface area contributed by atoms with Gasteiger partial charge in [-0.25, -0.2) is 9.97 Å². The molecule has 0 N–H and O–H groups in total. The molecule has 1 amide bonds. The molecular formula is C24H22N8O. The van der Waals surface area contributed by atoms with E-state index in [2.05, 4.69) is 11.2 Å². The number of hydrogen-bond acceptors (Lipinski definition) is 6. The Kier molecular flexibility index (Phi) is 3.85. The molecule has 1 fully saturated rings. The Bertz CT molecular complexity index is 1480. The molecule has 6 heterocycles. The van der Waals surface area contributed by atoms with E-state index < -0.39 is 0 Å². The third-order valence-electron chi connectivity index (χ3n) is 6.67. The summed E-state index contributed by atoms with van der Waals surface area (Å²) in [4.78, 5) is 34.4. The van der Waals surface area contributed by atoms with Crippen LogP contribution in [0.15, 0.2) is 41.8 Å². The van der Waals surface area contributed by atoms with Crippen molar-refractivity contribution in [2.24, 2.45) is 4.99 Å². The average molecular weight is 438 g/mol. The topological polar surface area (TPSA) is 93.6 Å². The number of hydrogen-bond donors (Lipinski definition) is 0. The second-order valence-electron chi connectivity index (χ2n) is 9.00. The molecule has 9 nitrogen and oxygen atoms in total. The fourth-order valence-electron chi connectivity index (χ4n) is 4.81. The highest BCUT2D eigenvalue weighted by Gasteiger charge is 2.34. The molecule has 7 rings (SSSR count). The summed E-state index contributed by atoms with van der Waals surface area (Å²) in [5, 5.41) is 4.91. The number of nitrogens with zero attached hydrogens (tertiary/aromatic N) is 8. The van der Waals surface area contributed by atoms with E-state index in [1.54, 1.807) is 11.1 Å². The number of aliphatic imine (C=N–C) groups is 1. The maximum atomic E-state index is 13.4. The molecular weight excluding hydrogens is 416 g/mol. The first-order valence-corrected chi connectivity index (χ1v) is 11.4. The van der Waals surface area contributed by atoms with Crippen molar-refractivity contribution in [3.05, 3.63) is 65.1 Å². The van der Waals surface area contributed by atoms with Crippen LogP contribution in [0.2, 0.25) is 0 Å². The van der Waals surface area contributed by atoms with Gasteiger partial charge in [0.25, 0.3) is 5.91 Å². The Hall–Kier alpha value is -3.88. The molecule has 3 aliphatic rings. The van der Waals surface area contributed by atoms with E-state index in [9.17, 15) is 4.79 Å². The van der Waals surface area contributed by atoms with Gasteiger partial charge in [0.2, 0.25) is 0 Å². The molecule has 2 aliphatic heterocycles. The van der Waals surface area contributed by atoms with Crippen LogP contribution < -0.4 is 0 Å². The van der Waals surface area contributed by atoms with Gasteiger partial charge in [-0.15, -0.1) is 0 Å². The van der Waals surface area contributed by atoms with Crippen LogP contribution in [0.25, 0.3) is 17.0 Å². The summed E-state index contributed by atoms with van der Waals surface area (Å²) >= 11 is 0. The molecule has 33 heavy (non-hydrogen) atoms. The van der Waals surface area contributed by atoms with Crippen molar-refractivity contribution in [1.29, 1.82) is 0 Å². The lowest BCUT2D eigenvalue weighted by Crippen LogP contribution is -2.29. The first-order valence-electron chi connectivity index (χ1n) is 11.4. The monoisotopic (exact) mass is 438 g/mol. The summed E-state index contributed by atoms with van der Waals surface area (Å²) in [5.41, 5.74) is 7.08. The van der Waals surface area contributed by atoms with Gasteiger partial charge >= 0.3 is 0 Å². The lowest BCUT2D eigenvalue weighted by molar-refractivity contribution is 0.0787. The van der Waals surface area contributed by atoms with Crippen LogP contribution in [0.4, 0.5) is 0 Å². The first kappa shape index (κ1) is 18.7. The Morgan fingerprint density at radius 1 is 1.09 bits per heavy atom. The first-order chi connectivity index (χ1) is 16.2. The molecule has 4 aromatic rings. The normalized spacial score (nSPS) is 17.8. The third kappa shape index (κ3) is 2.84. The fraction of sp³-hybridized carbons (Fsp3) is 0.333. The van der Waals surface area contributed by atoms with Crippen molar-refractivity contribution < 1.29 is 4.79 Å². The Labute approximate surface area is 189 Å². The standard InChI is InChI=1S/C24H22N8O/c1-30-8-4-9-31-13-15(19(29-31)14-6-7-14)20-21-16(11-26-20)25-12-17(27-21)23-22(24(30)33)28-18-5-2-3-10-32(18)23/h2-3,5,10,12-14H,4,6-9,11H2,1H3. The lowest BCUT2D eigenvalue weighted by Gasteiger charge is -2.17. The average Bonchev–Trinajstić information content (AvgIpc) is 3.28. The van der Waals surface area contributed by atoms with Gasteiger partial charge in [0.1, 0.15) is 22.7 Å². The number of pyridine rings is 1. The van der Waals surface area contributed by atoms with Crippen LogP contribution >= 0.6 is 0 Å². The zero-order valence-corrected chi connectivity index (χ0v) is 18.3. The molecule has 0 radical (unpaired) electrons. The van der Waals surface area contributed by atoms with E-state index in [0.29, 0.717) is 41.7 Å². The highest BCUT2D eigenvalue weighted by molar-refractivity contribution is 6.14. The van der Waals surface area contributed by atoms with Crippen molar-refractivity contribution in [1.82, 2.24) is 34.0 Å². The van der Waals surface area contributed by atoms with E-state index in [1.165, 1.54) is 0 Å². The maximum Gasteiger partial charge on any atom is 0.274 e. The van der Waals surface area contributed by atoms with Gasteiger partial charge in [0, 0.05) is 44.0 Å². The van der Waals surface area contributed by atoms with Gasteiger partial charge in [-0.1, -0.05) is 6.07 Å². The molecule has 0 saturated heterocycles. The van der Waals surface area contributed by atoms with E-state index in [0.717, 1.165) is 54.2 Å². The van der Waals surface area contributed by atoms with Gasteiger partial charge < -0.3 is 4.90 Å². The van der Waals surface area contributed by atoms with Crippen LogP contribution in [0, 0.1) is 0 Å². The van der Waals surface area contributed by atoms with E-state index in [1.807, 2.05) is 40.5 Å². The minimum atomic E-state index is -0.123. The van der Waals surface area contributed by atoms with Gasteiger partial charge in [0.15, 0.2) is 5.69 Å². The summed E-state index contributed by atoms with van der Waals surface area (Å²) in [6, 6.07) is 5.75. The van der Waals surface area contributed by atoms with Crippen LogP contribution in [0.1, 0.15) is 58.3 Å². The molecule has 9 heteroatoms. The number of carbonyl (C=O) groups excluding carboxylic acids is 1. The van der Waals surface area contributed by atoms with Crippen molar-refractivity contribution >= 4 is 17.3 Å². The quantitative estimate of drug-likeness (QED) is 0.456. The highest BCUT2D eigenvalue weighted by Crippen LogP contribution is 2.42. The van der Waals surface area contributed by atoms with E-state index in [4.69, 9.17) is 20.1 Å². The number of fused-ring (bicyclic) bond motifs is 8. The van der Waals surface area contributed by atoms with E-state index >= 15 is 0 Å². The van der Waals surface area contributed by atoms with Crippen molar-refractivity contribution in [3.8, 4) is 11.4 Å². The SMILES string of the molecule is CN1CCCn2cc(c(C3CC3)n2)C2=NCc3ncc(nc32)-c2c(nc3ccccn23)C1=O. The smallest absolute Gasteiger partial charge is 0.274 e. The summed E-state index contributed by atoms with van der Waals surface area (Å²) in [6.07, 6.45) is 8.89. The molecule has 4 aromatic heterocycles. The largest absolute Gasteiger partial charge is 0.340 e. The minimum Gasteiger partial charge on any atom is -0.340 e. The second kappa shape index (κ2) is 6.81. The van der Waals surface area contributed by atoms with Crippen molar-refractivity contribution in [3.63, 3.8) is 0 Å². The van der Waals surface area contributed by atoms with E-state index in [-0.39, 0.29) is 5.91 Å². The predicted octanol–water partition coefficient (Wildman–Crippen LogP) is 2.69. The lowest BCUT2D eigenvalue weighted by atomic mass is 10.1. The predicted molar refractivity (Wildman–Crippen MR) is 121 cm³/mol. The fourth-order valence-corrected chi connectivity index (χ4v) is 4.81. The summed E-state index contributed by atoms with van der Waals surface area (Å²) < 4.78 is 3.92. The summed E-state index contributed by atoms with van der Waals surface area (Å²) in [5.74, 6) is 0.372. The van der Waals surface area contributed by atoms with Crippen LogP contribution in [0.5, 0.6) is 0 Å². The van der Waals surface area contributed by atoms with Crippen LogP contribution in [-0.4, -0.2) is 59.2 Å². The number of imidazole rings is 1. The molecule has 164 valence electrons. The Morgan fingerprint density at radius 3 is 2.88 bits per heavy atom. The number of amides is 1. The number of rotatable bonds is 1. The van der Waals surface area contributed by atoms with Gasteiger partial charge in [0.05, 0.1) is 29.8 Å². The number of aromatic nitrogens is 6. The molecule has 0 atom stereocenters. The molecule has 4 bridgehead atoms. The van der Waals surface area contributed by atoms with Crippen LogP contribution in [-0.2, 0) is 13.1 Å². The molecule has 1 aliphatic carbocycles. The van der Waals surface area contributed by atoms with Gasteiger partial charge in [-0.3, -0.25) is 23.9 Å². The molecule has 0 unspecified atom stereocenters. The Balaban J connectivity index is 1.48. The van der Waals surface area contributed by atoms with Gasteiger partial charge in [-0.05, 0) is 31.4 Å². The number of aryl methyl sites for hydroxylation is 1. The zero-order chi connectivity index (χ0) is 22.1. The maximum absolute atomic E-state index is 13.4. The highest BCUT2D eigenvalue weighted by atomic mass is 16.2. The van der Waals surface area contributed by atoms with Crippen molar-refractivity contribution in [2.45, 2.75) is 38.3 Å². The third-order valence-corrected chi connectivity index (χ3v) is 6.67. The van der Waals surface area contributed by atoms with Crippen molar-refractivity contribution in [2.75, 3.05) is 13.6 Å². The minimum absolute atomic E-state index is 0.123. The van der Waals surface area contributed by atoms with Crippen LogP contribution in [0.3, 0.4) is 0 Å². The second-order valence-corrected chi connectivity index (χ2v) is 9.00. The zero-order valence-electron chi connectivity index (χ0n) is 18.3. The molecule has 0 spiro atoms. The Morgan fingerprint density at radius 2 is 2.00 bits per heavy atom. The molecule has 0 aromatic carbocycles.